The summed E-state index contributed by atoms with van der Waals surface area (Å²) in [6, 6.07) is 2.49. The van der Waals surface area contributed by atoms with Gasteiger partial charge in [0.2, 0.25) is 0 Å². The Morgan fingerprint density at radius 3 is 2.82 bits per heavy atom. The fraction of sp³-hybridized carbons (Fsp3) is 0.462. The minimum Gasteiger partial charge on any atom is -0.329 e. The molecule has 0 aromatic carbocycles. The average Bonchev–Trinajstić information content (AvgIpc) is 2.75. The summed E-state index contributed by atoms with van der Waals surface area (Å²) in [5.41, 5.74) is 2.01. The Hall–Kier alpha value is -1.71. The molecule has 4 nitrogen and oxygen atoms in total. The first-order valence-electron chi connectivity index (χ1n) is 6.05. The molecule has 0 unspecified atom stereocenters. The van der Waals surface area contributed by atoms with E-state index in [1.165, 1.54) is 0 Å². The zero-order valence-corrected chi connectivity index (χ0v) is 9.89. The molecule has 0 N–H and O–H groups in total. The smallest absolute Gasteiger partial charge is 0.143 e. The summed E-state index contributed by atoms with van der Waals surface area (Å²) in [5.74, 6) is 0.392. The van der Waals surface area contributed by atoms with Gasteiger partial charge in [-0.2, -0.15) is 0 Å². The molecule has 2 heterocycles. The number of aryl methyl sites for hydroxylation is 1. The molecule has 1 saturated carbocycles. The molecule has 0 amide bonds. The Balaban J connectivity index is 2.01. The molecule has 1 aliphatic carbocycles. The normalized spacial score (nSPS) is 17.8. The number of hydrogen-bond acceptors (Lipinski definition) is 3. The van der Waals surface area contributed by atoms with Crippen LogP contribution in [0.2, 0.25) is 0 Å². The van der Waals surface area contributed by atoms with Crippen molar-refractivity contribution in [1.29, 1.82) is 0 Å². The Labute approximate surface area is 99.7 Å². The largest absolute Gasteiger partial charge is 0.329 e. The molecular formula is C13H15N3O. The van der Waals surface area contributed by atoms with Crippen LogP contribution in [0.5, 0.6) is 0 Å². The fourth-order valence-electron chi connectivity index (χ4n) is 2.59. The third-order valence-electron chi connectivity index (χ3n) is 3.61. The van der Waals surface area contributed by atoms with Crippen LogP contribution in [0.15, 0.2) is 18.6 Å². The van der Waals surface area contributed by atoms with Gasteiger partial charge >= 0.3 is 0 Å². The topological polar surface area (TPSA) is 47.8 Å². The summed E-state index contributed by atoms with van der Waals surface area (Å²) >= 11 is 0. The van der Waals surface area contributed by atoms with Gasteiger partial charge < -0.3 is 4.57 Å². The number of Topliss-reactive ketones (excluding diaryl/α,β-unsaturated/α-hetero) is 1. The van der Waals surface area contributed by atoms with Crippen molar-refractivity contribution in [3.05, 3.63) is 24.3 Å². The molecule has 2 aromatic heterocycles. The van der Waals surface area contributed by atoms with E-state index in [-0.39, 0.29) is 0 Å². The monoisotopic (exact) mass is 229 g/mol. The van der Waals surface area contributed by atoms with Gasteiger partial charge in [0, 0.05) is 30.5 Å². The summed E-state index contributed by atoms with van der Waals surface area (Å²) in [7, 11) is 0. The van der Waals surface area contributed by atoms with Gasteiger partial charge in [0.1, 0.15) is 17.8 Å². The molecular weight excluding hydrogens is 214 g/mol. The van der Waals surface area contributed by atoms with E-state index in [9.17, 15) is 4.79 Å². The van der Waals surface area contributed by atoms with E-state index in [1.54, 1.807) is 6.33 Å². The molecule has 88 valence electrons. The number of nitrogens with zero attached hydrogens (tertiary/aromatic N) is 3. The fourth-order valence-corrected chi connectivity index (χ4v) is 2.59. The Morgan fingerprint density at radius 2 is 2.06 bits per heavy atom. The third-order valence-corrected chi connectivity index (χ3v) is 3.61. The lowest BCUT2D eigenvalue weighted by atomic mass is 9.94. The van der Waals surface area contributed by atoms with E-state index in [4.69, 9.17) is 0 Å². The highest BCUT2D eigenvalue weighted by Gasteiger charge is 2.21. The number of carbonyl (C=O) groups excluding carboxylic acids is 1. The Kier molecular flexibility index (Phi) is 2.42. The number of hydrogen-bond donors (Lipinski definition) is 0. The minimum absolute atomic E-state index is 0.392. The van der Waals surface area contributed by atoms with Gasteiger partial charge in [0.25, 0.3) is 0 Å². The van der Waals surface area contributed by atoms with E-state index < -0.39 is 0 Å². The average molecular weight is 229 g/mol. The lowest BCUT2D eigenvalue weighted by Crippen LogP contribution is -2.17. The molecule has 4 heteroatoms. The molecule has 0 spiro atoms. The van der Waals surface area contributed by atoms with Crippen molar-refractivity contribution in [2.45, 2.75) is 38.6 Å². The van der Waals surface area contributed by atoms with Crippen LogP contribution >= 0.6 is 0 Å². The second kappa shape index (κ2) is 3.95. The van der Waals surface area contributed by atoms with E-state index in [2.05, 4.69) is 26.8 Å². The summed E-state index contributed by atoms with van der Waals surface area (Å²) in [5, 5.41) is 1.12. The van der Waals surface area contributed by atoms with Gasteiger partial charge in [-0.15, -0.1) is 0 Å². The summed E-state index contributed by atoms with van der Waals surface area (Å²) in [6.45, 7) is 2.00. The summed E-state index contributed by atoms with van der Waals surface area (Å²) in [4.78, 5) is 19.8. The van der Waals surface area contributed by atoms with Crippen LogP contribution < -0.4 is 0 Å². The molecule has 17 heavy (non-hydrogen) atoms. The number of ketones is 1. The van der Waals surface area contributed by atoms with Gasteiger partial charge in [-0.3, -0.25) is 4.79 Å². The molecule has 0 aliphatic heterocycles. The molecule has 1 aliphatic rings. The molecule has 0 bridgehead atoms. The Bertz CT molecular complexity index is 563. The molecule has 2 aromatic rings. The van der Waals surface area contributed by atoms with Gasteiger partial charge in [0.15, 0.2) is 0 Å². The highest BCUT2D eigenvalue weighted by Crippen LogP contribution is 2.29. The molecule has 3 rings (SSSR count). The SMILES string of the molecule is Cc1ncnc2c1ccn2C1CCC(=O)CC1. The zero-order chi connectivity index (χ0) is 11.8. The van der Waals surface area contributed by atoms with Crippen molar-refractivity contribution >= 4 is 16.8 Å². The van der Waals surface area contributed by atoms with Gasteiger partial charge in [0.05, 0.1) is 5.69 Å². The second-order valence-corrected chi connectivity index (χ2v) is 4.69. The van der Waals surface area contributed by atoms with E-state index >= 15 is 0 Å². The predicted molar refractivity (Wildman–Crippen MR) is 64.8 cm³/mol. The maximum Gasteiger partial charge on any atom is 0.143 e. The molecule has 0 radical (unpaired) electrons. The van der Waals surface area contributed by atoms with Crippen molar-refractivity contribution in [2.24, 2.45) is 0 Å². The molecule has 1 fully saturated rings. The highest BCUT2D eigenvalue weighted by atomic mass is 16.1. The maximum absolute atomic E-state index is 11.3. The molecule has 0 atom stereocenters. The van der Waals surface area contributed by atoms with Crippen molar-refractivity contribution < 1.29 is 4.79 Å². The first-order chi connectivity index (χ1) is 8.25. The summed E-state index contributed by atoms with van der Waals surface area (Å²) < 4.78 is 2.20. The first-order valence-corrected chi connectivity index (χ1v) is 6.05. The predicted octanol–water partition coefficient (Wildman–Crippen LogP) is 2.42. The number of carbonyl (C=O) groups is 1. The standard InChI is InChI=1S/C13H15N3O/c1-9-12-6-7-16(13(12)15-8-14-9)10-2-4-11(17)5-3-10/h6-8,10H,2-5H2,1H3. The highest BCUT2D eigenvalue weighted by molar-refractivity contribution is 5.80. The minimum atomic E-state index is 0.392. The zero-order valence-electron chi connectivity index (χ0n) is 9.89. The number of aromatic nitrogens is 3. The van der Waals surface area contributed by atoms with Gasteiger partial charge in [-0.1, -0.05) is 0 Å². The van der Waals surface area contributed by atoms with Crippen LogP contribution in [0.1, 0.15) is 37.4 Å². The lowest BCUT2D eigenvalue weighted by molar-refractivity contribution is -0.120. The summed E-state index contributed by atoms with van der Waals surface area (Å²) in [6.07, 6.45) is 6.97. The first kappa shape index (κ1) is 10.4. The number of rotatable bonds is 1. The van der Waals surface area contributed by atoms with Crippen LogP contribution in [0, 0.1) is 6.92 Å². The second-order valence-electron chi connectivity index (χ2n) is 4.69. The van der Waals surface area contributed by atoms with E-state index in [1.807, 2.05) is 6.92 Å². The van der Waals surface area contributed by atoms with Crippen LogP contribution in [0.3, 0.4) is 0 Å². The van der Waals surface area contributed by atoms with Crippen LogP contribution in [-0.4, -0.2) is 20.3 Å². The van der Waals surface area contributed by atoms with Crippen molar-refractivity contribution in [3.63, 3.8) is 0 Å². The van der Waals surface area contributed by atoms with Crippen molar-refractivity contribution in [1.82, 2.24) is 14.5 Å². The van der Waals surface area contributed by atoms with Gasteiger partial charge in [-0.25, -0.2) is 9.97 Å². The quantitative estimate of drug-likeness (QED) is 0.754. The van der Waals surface area contributed by atoms with E-state index in [0.29, 0.717) is 24.7 Å². The van der Waals surface area contributed by atoms with Crippen LogP contribution in [0.25, 0.3) is 11.0 Å². The number of fused-ring (bicyclic) bond motifs is 1. The molecule has 0 saturated heterocycles. The van der Waals surface area contributed by atoms with Crippen molar-refractivity contribution in [2.75, 3.05) is 0 Å². The maximum atomic E-state index is 11.3. The van der Waals surface area contributed by atoms with Crippen molar-refractivity contribution in [3.8, 4) is 0 Å². The Morgan fingerprint density at radius 1 is 1.29 bits per heavy atom. The lowest BCUT2D eigenvalue weighted by Gasteiger charge is -2.23. The van der Waals surface area contributed by atoms with Crippen LogP contribution in [-0.2, 0) is 4.79 Å². The van der Waals surface area contributed by atoms with E-state index in [0.717, 1.165) is 29.6 Å². The third kappa shape index (κ3) is 1.73. The van der Waals surface area contributed by atoms with Crippen LogP contribution in [0.4, 0.5) is 0 Å². The van der Waals surface area contributed by atoms with Gasteiger partial charge in [-0.05, 0) is 25.8 Å².